The topological polar surface area (TPSA) is 58.2 Å². The molecule has 1 fully saturated rings. The Morgan fingerprint density at radius 3 is 2.43 bits per heavy atom. The third kappa shape index (κ3) is 2.93. The molecule has 0 aromatic heterocycles. The molecule has 0 spiro atoms. The molecule has 14 heavy (non-hydrogen) atoms. The third-order valence-corrected chi connectivity index (χ3v) is 4.68. The highest BCUT2D eigenvalue weighted by atomic mass is 32.2. The van der Waals surface area contributed by atoms with Crippen molar-refractivity contribution in [3.63, 3.8) is 0 Å². The zero-order valence-corrected chi connectivity index (χ0v) is 9.95. The molecule has 4 nitrogen and oxygen atoms in total. The van der Waals surface area contributed by atoms with E-state index in [4.69, 9.17) is 0 Å². The van der Waals surface area contributed by atoms with Crippen molar-refractivity contribution in [2.75, 3.05) is 13.1 Å². The van der Waals surface area contributed by atoms with Gasteiger partial charge in [0, 0.05) is 12.6 Å². The Kier molecular flexibility index (Phi) is 3.55. The Bertz CT molecular complexity index is 274. The van der Waals surface area contributed by atoms with Gasteiger partial charge >= 0.3 is 0 Å². The highest BCUT2D eigenvalue weighted by Gasteiger charge is 2.31. The van der Waals surface area contributed by atoms with Gasteiger partial charge < -0.3 is 5.32 Å². The molecule has 0 aromatic rings. The molecule has 1 saturated heterocycles. The zero-order chi connectivity index (χ0) is 10.8. The first kappa shape index (κ1) is 11.9. The highest BCUT2D eigenvalue weighted by Crippen LogP contribution is 2.15. The summed E-state index contributed by atoms with van der Waals surface area (Å²) in [6.45, 7) is 6.88. The first-order valence-electron chi connectivity index (χ1n) is 5.05. The van der Waals surface area contributed by atoms with E-state index < -0.39 is 14.8 Å². The van der Waals surface area contributed by atoms with Gasteiger partial charge in [0.2, 0.25) is 10.0 Å². The van der Waals surface area contributed by atoms with Gasteiger partial charge in [-0.2, -0.15) is 0 Å². The summed E-state index contributed by atoms with van der Waals surface area (Å²) in [6, 6.07) is 0.0629. The van der Waals surface area contributed by atoms with E-state index in [0.29, 0.717) is 0 Å². The van der Waals surface area contributed by atoms with Crippen LogP contribution in [-0.4, -0.2) is 32.3 Å². The number of sulfonamides is 1. The fourth-order valence-corrected chi connectivity index (χ4v) is 2.34. The third-order valence-electron chi connectivity index (χ3n) is 2.42. The number of hydrogen-bond acceptors (Lipinski definition) is 3. The van der Waals surface area contributed by atoms with E-state index >= 15 is 0 Å². The van der Waals surface area contributed by atoms with Gasteiger partial charge in [-0.1, -0.05) is 0 Å². The molecular formula is C9H20N2O2S. The van der Waals surface area contributed by atoms with Crippen molar-refractivity contribution in [3.8, 4) is 0 Å². The van der Waals surface area contributed by atoms with Crippen molar-refractivity contribution in [2.24, 2.45) is 0 Å². The molecule has 84 valence electrons. The quantitative estimate of drug-likeness (QED) is 0.710. The molecule has 0 bridgehead atoms. The van der Waals surface area contributed by atoms with Crippen LogP contribution < -0.4 is 10.0 Å². The van der Waals surface area contributed by atoms with Crippen LogP contribution in [-0.2, 0) is 10.0 Å². The van der Waals surface area contributed by atoms with Gasteiger partial charge in [0.05, 0.1) is 4.75 Å². The van der Waals surface area contributed by atoms with Crippen LogP contribution in [0.15, 0.2) is 0 Å². The van der Waals surface area contributed by atoms with Crippen LogP contribution in [0.1, 0.15) is 33.6 Å². The minimum Gasteiger partial charge on any atom is -0.315 e. The normalized spacial score (nSPS) is 24.9. The number of rotatable bonds is 2. The lowest BCUT2D eigenvalue weighted by Crippen LogP contribution is -2.50. The summed E-state index contributed by atoms with van der Waals surface area (Å²) in [7, 11) is -3.19. The molecule has 0 aliphatic carbocycles. The molecule has 1 atom stereocenters. The molecule has 0 radical (unpaired) electrons. The Morgan fingerprint density at radius 2 is 2.00 bits per heavy atom. The van der Waals surface area contributed by atoms with Crippen LogP contribution in [0.2, 0.25) is 0 Å². The highest BCUT2D eigenvalue weighted by molar-refractivity contribution is 7.90. The Morgan fingerprint density at radius 1 is 1.36 bits per heavy atom. The van der Waals surface area contributed by atoms with E-state index in [2.05, 4.69) is 10.0 Å². The molecule has 0 saturated carbocycles. The summed E-state index contributed by atoms with van der Waals surface area (Å²) in [5.74, 6) is 0. The van der Waals surface area contributed by atoms with E-state index in [0.717, 1.165) is 25.9 Å². The molecule has 2 N–H and O–H groups in total. The maximum absolute atomic E-state index is 11.8. The van der Waals surface area contributed by atoms with Crippen LogP contribution in [0.4, 0.5) is 0 Å². The molecule has 0 amide bonds. The first-order valence-corrected chi connectivity index (χ1v) is 6.54. The van der Waals surface area contributed by atoms with Gasteiger partial charge in [0.1, 0.15) is 0 Å². The lowest BCUT2D eigenvalue weighted by atomic mass is 10.1. The van der Waals surface area contributed by atoms with E-state index in [1.807, 2.05) is 0 Å². The van der Waals surface area contributed by atoms with Gasteiger partial charge in [-0.05, 0) is 40.2 Å². The summed E-state index contributed by atoms with van der Waals surface area (Å²) in [4.78, 5) is 0. The molecule has 1 aliphatic heterocycles. The molecule has 1 rings (SSSR count). The predicted molar refractivity (Wildman–Crippen MR) is 57.7 cm³/mol. The Labute approximate surface area is 86.5 Å². The van der Waals surface area contributed by atoms with Crippen LogP contribution in [0.5, 0.6) is 0 Å². The van der Waals surface area contributed by atoms with Crippen molar-refractivity contribution in [3.05, 3.63) is 0 Å². The SMILES string of the molecule is CC(C)(C)S(=O)(=O)NC1CCCNC1. The molecule has 1 unspecified atom stereocenters. The standard InChI is InChI=1S/C9H20N2O2S/c1-9(2,3)14(12,13)11-8-5-4-6-10-7-8/h8,10-11H,4-7H2,1-3H3. The second-order valence-electron chi connectivity index (χ2n) is 4.78. The van der Waals surface area contributed by atoms with E-state index in [-0.39, 0.29) is 6.04 Å². The van der Waals surface area contributed by atoms with Crippen LogP contribution in [0, 0.1) is 0 Å². The molecule has 1 heterocycles. The van der Waals surface area contributed by atoms with Gasteiger partial charge in [-0.3, -0.25) is 0 Å². The van der Waals surface area contributed by atoms with Gasteiger partial charge in [-0.15, -0.1) is 0 Å². The minimum absolute atomic E-state index is 0.0629. The maximum atomic E-state index is 11.8. The van der Waals surface area contributed by atoms with Crippen molar-refractivity contribution >= 4 is 10.0 Å². The summed E-state index contributed by atoms with van der Waals surface area (Å²) in [5, 5.41) is 3.18. The molecule has 0 aromatic carbocycles. The molecule has 1 aliphatic rings. The lowest BCUT2D eigenvalue weighted by Gasteiger charge is -2.28. The maximum Gasteiger partial charge on any atom is 0.216 e. The first-order chi connectivity index (χ1) is 6.33. The smallest absolute Gasteiger partial charge is 0.216 e. The second kappa shape index (κ2) is 4.16. The predicted octanol–water partition coefficient (Wildman–Crippen LogP) is 0.456. The van der Waals surface area contributed by atoms with Crippen LogP contribution in [0.3, 0.4) is 0 Å². The van der Waals surface area contributed by atoms with E-state index in [9.17, 15) is 8.42 Å². The number of piperidine rings is 1. The van der Waals surface area contributed by atoms with E-state index in [1.54, 1.807) is 20.8 Å². The van der Waals surface area contributed by atoms with Crippen molar-refractivity contribution in [1.82, 2.24) is 10.0 Å². The summed E-state index contributed by atoms with van der Waals surface area (Å²) in [6.07, 6.45) is 1.97. The fourth-order valence-electron chi connectivity index (χ4n) is 1.35. The Balaban J connectivity index is 2.58. The lowest BCUT2D eigenvalue weighted by molar-refractivity contribution is 0.423. The summed E-state index contributed by atoms with van der Waals surface area (Å²) in [5.41, 5.74) is 0. The van der Waals surface area contributed by atoms with E-state index in [1.165, 1.54) is 0 Å². The van der Waals surface area contributed by atoms with Crippen molar-refractivity contribution in [2.45, 2.75) is 44.4 Å². The van der Waals surface area contributed by atoms with Crippen molar-refractivity contribution in [1.29, 1.82) is 0 Å². The fraction of sp³-hybridized carbons (Fsp3) is 1.00. The summed E-state index contributed by atoms with van der Waals surface area (Å²) < 4.78 is 25.6. The minimum atomic E-state index is -3.19. The number of hydrogen-bond donors (Lipinski definition) is 2. The second-order valence-corrected chi connectivity index (χ2v) is 7.24. The largest absolute Gasteiger partial charge is 0.315 e. The number of nitrogens with one attached hydrogen (secondary N) is 2. The summed E-state index contributed by atoms with van der Waals surface area (Å²) >= 11 is 0. The molecule has 5 heteroatoms. The van der Waals surface area contributed by atoms with Gasteiger partial charge in [-0.25, -0.2) is 13.1 Å². The van der Waals surface area contributed by atoms with Crippen LogP contribution in [0.25, 0.3) is 0 Å². The average molecular weight is 220 g/mol. The molecular weight excluding hydrogens is 200 g/mol. The van der Waals surface area contributed by atoms with Gasteiger partial charge in [0.25, 0.3) is 0 Å². The van der Waals surface area contributed by atoms with Crippen molar-refractivity contribution < 1.29 is 8.42 Å². The Hall–Kier alpha value is -0.130. The van der Waals surface area contributed by atoms with Gasteiger partial charge in [0.15, 0.2) is 0 Å². The average Bonchev–Trinajstić information content (AvgIpc) is 2.03. The van der Waals surface area contributed by atoms with Crippen LogP contribution >= 0.6 is 0 Å². The zero-order valence-electron chi connectivity index (χ0n) is 9.13. The monoisotopic (exact) mass is 220 g/mol.